The molecule has 2 aromatic carbocycles. The Hall–Kier alpha value is -3.54. The van der Waals surface area contributed by atoms with Crippen LogP contribution in [0.1, 0.15) is 30.5 Å². The number of carbonyl (C=O) groups is 1. The van der Waals surface area contributed by atoms with Crippen LogP contribution in [-0.4, -0.2) is 40.3 Å². The first kappa shape index (κ1) is 20.7. The third kappa shape index (κ3) is 4.79. The molecular formula is C25H27N3O3. The van der Waals surface area contributed by atoms with Crippen LogP contribution < -0.4 is 9.47 Å². The second kappa shape index (κ2) is 9.08. The van der Waals surface area contributed by atoms with Gasteiger partial charge in [-0.15, -0.1) is 0 Å². The number of amides is 1. The Labute approximate surface area is 182 Å². The summed E-state index contributed by atoms with van der Waals surface area (Å²) in [6.07, 6.45) is 8.13. The zero-order chi connectivity index (χ0) is 21.8. The highest BCUT2D eigenvalue weighted by Crippen LogP contribution is 2.35. The highest BCUT2D eigenvalue weighted by atomic mass is 16.5. The number of para-hydroxylation sites is 1. The van der Waals surface area contributed by atoms with Crippen molar-refractivity contribution in [3.05, 3.63) is 77.6 Å². The molecule has 0 saturated carbocycles. The molecule has 6 nitrogen and oxygen atoms in total. The third-order valence-electron chi connectivity index (χ3n) is 5.19. The Bertz CT molecular complexity index is 1090. The fourth-order valence-electron chi connectivity index (χ4n) is 3.67. The van der Waals surface area contributed by atoms with E-state index in [1.807, 2.05) is 67.2 Å². The van der Waals surface area contributed by atoms with E-state index in [2.05, 4.69) is 5.10 Å². The Kier molecular flexibility index (Phi) is 6.07. The number of fused-ring (bicyclic) bond motifs is 1. The topological polar surface area (TPSA) is 56.6 Å². The van der Waals surface area contributed by atoms with Crippen molar-refractivity contribution in [2.75, 3.05) is 13.7 Å². The SMILES string of the molecule is CCOc1cc2c(cc1/C=C/C(=O)N(C)Cc1cnn(-c3ccccc3)c1)O[C@H](C)C2. The molecule has 1 amide bonds. The maximum atomic E-state index is 12.7. The Morgan fingerprint density at radius 2 is 2.13 bits per heavy atom. The second-order valence-electron chi connectivity index (χ2n) is 7.72. The maximum Gasteiger partial charge on any atom is 0.246 e. The van der Waals surface area contributed by atoms with E-state index in [4.69, 9.17) is 9.47 Å². The summed E-state index contributed by atoms with van der Waals surface area (Å²) in [4.78, 5) is 14.4. The lowest BCUT2D eigenvalue weighted by molar-refractivity contribution is -0.125. The van der Waals surface area contributed by atoms with Gasteiger partial charge in [-0.3, -0.25) is 4.79 Å². The molecule has 6 heteroatoms. The van der Waals surface area contributed by atoms with Crippen molar-refractivity contribution in [1.29, 1.82) is 0 Å². The van der Waals surface area contributed by atoms with Gasteiger partial charge in [0.25, 0.3) is 0 Å². The average molecular weight is 418 g/mol. The van der Waals surface area contributed by atoms with Crippen molar-refractivity contribution in [1.82, 2.24) is 14.7 Å². The second-order valence-corrected chi connectivity index (χ2v) is 7.72. The number of hydrogen-bond acceptors (Lipinski definition) is 4. The van der Waals surface area contributed by atoms with Crippen LogP contribution in [0, 0.1) is 0 Å². The maximum absolute atomic E-state index is 12.7. The molecular weight excluding hydrogens is 390 g/mol. The van der Waals surface area contributed by atoms with Crippen LogP contribution >= 0.6 is 0 Å². The molecule has 4 rings (SSSR count). The first-order chi connectivity index (χ1) is 15.0. The number of aromatic nitrogens is 2. The lowest BCUT2D eigenvalue weighted by Gasteiger charge is -2.14. The Morgan fingerprint density at radius 3 is 2.90 bits per heavy atom. The van der Waals surface area contributed by atoms with Crippen LogP contribution in [-0.2, 0) is 17.8 Å². The summed E-state index contributed by atoms with van der Waals surface area (Å²) in [7, 11) is 1.78. The van der Waals surface area contributed by atoms with Crippen molar-refractivity contribution >= 4 is 12.0 Å². The van der Waals surface area contributed by atoms with E-state index in [1.165, 1.54) is 0 Å². The molecule has 0 aliphatic carbocycles. The Balaban J connectivity index is 1.45. The van der Waals surface area contributed by atoms with Crippen LogP contribution in [0.3, 0.4) is 0 Å². The number of carbonyl (C=O) groups excluding carboxylic acids is 1. The van der Waals surface area contributed by atoms with E-state index in [1.54, 1.807) is 30.3 Å². The van der Waals surface area contributed by atoms with E-state index in [0.29, 0.717) is 13.2 Å². The van der Waals surface area contributed by atoms with E-state index in [-0.39, 0.29) is 12.0 Å². The monoisotopic (exact) mass is 417 g/mol. The van der Waals surface area contributed by atoms with Crippen LogP contribution in [0.25, 0.3) is 11.8 Å². The summed E-state index contributed by atoms with van der Waals surface area (Å²) >= 11 is 0. The standard InChI is InChI=1S/C25H27N3O3/c1-4-30-23-14-21-12-18(2)31-24(21)13-20(23)10-11-25(29)27(3)16-19-15-26-28(17-19)22-8-6-5-7-9-22/h5-11,13-15,17-18H,4,12,16H2,1-3H3/b11-10+/t18-/m1/s1. The van der Waals surface area contributed by atoms with Gasteiger partial charge in [0.2, 0.25) is 5.91 Å². The first-order valence-electron chi connectivity index (χ1n) is 10.5. The van der Waals surface area contributed by atoms with Crippen LogP contribution in [0.15, 0.2) is 60.9 Å². The fourth-order valence-corrected chi connectivity index (χ4v) is 3.67. The molecule has 0 bridgehead atoms. The summed E-state index contributed by atoms with van der Waals surface area (Å²) in [6.45, 7) is 5.04. The smallest absolute Gasteiger partial charge is 0.246 e. The van der Waals surface area contributed by atoms with E-state index in [9.17, 15) is 4.79 Å². The molecule has 0 spiro atoms. The highest BCUT2D eigenvalue weighted by molar-refractivity contribution is 5.92. The molecule has 160 valence electrons. The molecule has 0 unspecified atom stereocenters. The third-order valence-corrected chi connectivity index (χ3v) is 5.19. The molecule has 0 N–H and O–H groups in total. The van der Waals surface area contributed by atoms with Gasteiger partial charge in [0.05, 0.1) is 18.5 Å². The van der Waals surface area contributed by atoms with Crippen LogP contribution in [0.2, 0.25) is 0 Å². The molecule has 1 atom stereocenters. The van der Waals surface area contributed by atoms with Gasteiger partial charge in [0.15, 0.2) is 0 Å². The molecule has 31 heavy (non-hydrogen) atoms. The van der Waals surface area contributed by atoms with Gasteiger partial charge >= 0.3 is 0 Å². The zero-order valence-electron chi connectivity index (χ0n) is 18.1. The predicted octanol–water partition coefficient (Wildman–Crippen LogP) is 4.27. The van der Waals surface area contributed by atoms with Crippen molar-refractivity contribution in [3.8, 4) is 17.2 Å². The summed E-state index contributed by atoms with van der Waals surface area (Å²) in [6, 6.07) is 13.9. The molecule has 1 aliphatic rings. The quantitative estimate of drug-likeness (QED) is 0.539. The van der Waals surface area contributed by atoms with Gasteiger partial charge in [-0.05, 0) is 44.2 Å². The molecule has 1 aliphatic heterocycles. The first-order valence-corrected chi connectivity index (χ1v) is 10.5. The summed E-state index contributed by atoms with van der Waals surface area (Å²) < 4.78 is 13.5. The van der Waals surface area contributed by atoms with Gasteiger partial charge in [0.1, 0.15) is 17.6 Å². The van der Waals surface area contributed by atoms with Crippen molar-refractivity contribution in [3.63, 3.8) is 0 Å². The number of ether oxygens (including phenoxy) is 2. The average Bonchev–Trinajstić information content (AvgIpc) is 3.38. The van der Waals surface area contributed by atoms with Crippen molar-refractivity contribution < 1.29 is 14.3 Å². The normalized spacial score (nSPS) is 15.0. The molecule has 1 aromatic heterocycles. The van der Waals surface area contributed by atoms with Gasteiger partial charge < -0.3 is 14.4 Å². The fraction of sp³-hybridized carbons (Fsp3) is 0.280. The summed E-state index contributed by atoms with van der Waals surface area (Å²) in [5.41, 5.74) is 3.93. The van der Waals surface area contributed by atoms with Crippen LogP contribution in [0.4, 0.5) is 0 Å². The number of benzene rings is 2. The van der Waals surface area contributed by atoms with Gasteiger partial charge in [0, 0.05) is 49.0 Å². The van der Waals surface area contributed by atoms with Gasteiger partial charge in [-0.2, -0.15) is 5.10 Å². The molecule has 3 aromatic rings. The lowest BCUT2D eigenvalue weighted by atomic mass is 10.1. The van der Waals surface area contributed by atoms with E-state index in [0.717, 1.165) is 40.3 Å². The minimum atomic E-state index is -0.0929. The molecule has 0 saturated heterocycles. The highest BCUT2D eigenvalue weighted by Gasteiger charge is 2.21. The number of likely N-dealkylation sites (N-methyl/N-ethyl adjacent to an activating group) is 1. The number of hydrogen-bond donors (Lipinski definition) is 0. The molecule has 2 heterocycles. The number of rotatable bonds is 7. The minimum Gasteiger partial charge on any atom is -0.493 e. The molecule has 0 radical (unpaired) electrons. The van der Waals surface area contributed by atoms with Crippen LogP contribution in [0.5, 0.6) is 11.5 Å². The predicted molar refractivity (Wildman–Crippen MR) is 120 cm³/mol. The Morgan fingerprint density at radius 1 is 1.32 bits per heavy atom. The van der Waals surface area contributed by atoms with Gasteiger partial charge in [-0.25, -0.2) is 4.68 Å². The van der Waals surface area contributed by atoms with Gasteiger partial charge in [-0.1, -0.05) is 18.2 Å². The summed E-state index contributed by atoms with van der Waals surface area (Å²) in [5, 5.41) is 4.39. The zero-order valence-corrected chi connectivity index (χ0v) is 18.1. The van der Waals surface area contributed by atoms with E-state index >= 15 is 0 Å². The van der Waals surface area contributed by atoms with Crippen molar-refractivity contribution in [2.45, 2.75) is 32.9 Å². The lowest BCUT2D eigenvalue weighted by Crippen LogP contribution is -2.23. The largest absolute Gasteiger partial charge is 0.493 e. The molecule has 0 fully saturated rings. The minimum absolute atomic E-state index is 0.0929. The number of nitrogens with zero attached hydrogens (tertiary/aromatic N) is 3. The summed E-state index contributed by atoms with van der Waals surface area (Å²) in [5.74, 6) is 1.55. The van der Waals surface area contributed by atoms with E-state index < -0.39 is 0 Å². The van der Waals surface area contributed by atoms with Crippen molar-refractivity contribution in [2.24, 2.45) is 0 Å².